The van der Waals surface area contributed by atoms with Crippen LogP contribution in [0.1, 0.15) is 65.2 Å². The summed E-state index contributed by atoms with van der Waals surface area (Å²) in [5.74, 6) is 0.291. The topological polar surface area (TPSA) is 66.8 Å². The summed E-state index contributed by atoms with van der Waals surface area (Å²) in [5, 5.41) is 0. The summed E-state index contributed by atoms with van der Waals surface area (Å²) < 4.78 is 15.3. The Kier molecular flexibility index (Phi) is 10.1. The molecule has 1 atom stereocenters. The van der Waals surface area contributed by atoms with Gasteiger partial charge >= 0.3 is 7.82 Å². The van der Waals surface area contributed by atoms with E-state index >= 15 is 0 Å². The van der Waals surface area contributed by atoms with E-state index in [9.17, 15) is 4.57 Å². The van der Waals surface area contributed by atoms with Gasteiger partial charge in [0.1, 0.15) is 0 Å². The van der Waals surface area contributed by atoms with Gasteiger partial charge in [0.25, 0.3) is 0 Å². The lowest BCUT2D eigenvalue weighted by Gasteiger charge is -2.16. The van der Waals surface area contributed by atoms with E-state index in [4.69, 9.17) is 9.79 Å². The third-order valence-electron chi connectivity index (χ3n) is 2.91. The fraction of sp³-hybridized carbons (Fsp3) is 1.00. The lowest BCUT2D eigenvalue weighted by Crippen LogP contribution is -2.09. The molecule has 0 saturated heterocycles. The van der Waals surface area contributed by atoms with Crippen LogP contribution >= 0.6 is 7.82 Å². The van der Waals surface area contributed by atoms with Crippen molar-refractivity contribution in [1.29, 1.82) is 0 Å². The molecular weight excluding hydrogens is 239 g/mol. The number of hydrogen-bond acceptors (Lipinski definition) is 2. The fourth-order valence-corrected chi connectivity index (χ4v) is 2.27. The van der Waals surface area contributed by atoms with E-state index < -0.39 is 7.82 Å². The maximum Gasteiger partial charge on any atom is 0.469 e. The first-order chi connectivity index (χ1) is 7.99. The lowest BCUT2D eigenvalue weighted by molar-refractivity contribution is 0.157. The van der Waals surface area contributed by atoms with Crippen molar-refractivity contribution in [2.45, 2.75) is 65.2 Å². The summed E-state index contributed by atoms with van der Waals surface area (Å²) in [4.78, 5) is 17.4. The molecule has 0 aliphatic carbocycles. The van der Waals surface area contributed by atoms with Crippen molar-refractivity contribution in [3.8, 4) is 0 Å². The number of phosphoric acid groups is 1. The van der Waals surface area contributed by atoms with Crippen LogP contribution in [0.4, 0.5) is 0 Å². The molecule has 0 spiro atoms. The molecule has 0 aromatic rings. The highest BCUT2D eigenvalue weighted by Gasteiger charge is 2.17. The zero-order valence-corrected chi connectivity index (χ0v) is 12.0. The molecule has 0 aromatic carbocycles. The van der Waals surface area contributed by atoms with Crippen LogP contribution in [-0.4, -0.2) is 16.4 Å². The Morgan fingerprint density at radius 2 is 1.59 bits per heavy atom. The zero-order chi connectivity index (χ0) is 13.1. The number of rotatable bonds is 11. The van der Waals surface area contributed by atoms with E-state index in [1.807, 2.05) is 0 Å². The average molecular weight is 266 g/mol. The van der Waals surface area contributed by atoms with Crippen LogP contribution in [0.15, 0.2) is 0 Å². The summed E-state index contributed by atoms with van der Waals surface area (Å²) >= 11 is 0. The van der Waals surface area contributed by atoms with Crippen molar-refractivity contribution < 1.29 is 18.9 Å². The Labute approximate surface area is 105 Å². The molecule has 0 fully saturated rings. The molecule has 0 amide bonds. The Bertz CT molecular complexity index is 215. The predicted octanol–water partition coefficient (Wildman–Crippen LogP) is 3.87. The Morgan fingerprint density at radius 3 is 2.12 bits per heavy atom. The van der Waals surface area contributed by atoms with E-state index in [1.165, 1.54) is 19.3 Å². The zero-order valence-electron chi connectivity index (χ0n) is 11.1. The molecule has 0 aromatic heterocycles. The largest absolute Gasteiger partial charge is 0.469 e. The van der Waals surface area contributed by atoms with Crippen molar-refractivity contribution in [3.63, 3.8) is 0 Å². The fourth-order valence-electron chi connectivity index (χ4n) is 1.87. The average Bonchev–Trinajstić information content (AvgIpc) is 2.25. The van der Waals surface area contributed by atoms with E-state index in [-0.39, 0.29) is 6.61 Å². The number of phosphoric ester groups is 1. The monoisotopic (exact) mass is 266 g/mol. The maximum atomic E-state index is 10.7. The summed E-state index contributed by atoms with van der Waals surface area (Å²) in [7, 11) is -4.30. The van der Waals surface area contributed by atoms with Gasteiger partial charge in [0, 0.05) is 0 Å². The standard InChI is InChI=1S/C12H27O4P/c1-3-5-7-8-10-12(9-6-4-2)11-16-17(13,14)15/h12H,3-11H2,1-2H3,(H2,13,14,15). The molecule has 104 valence electrons. The van der Waals surface area contributed by atoms with Gasteiger partial charge < -0.3 is 9.79 Å². The molecule has 1 unspecified atom stereocenters. The molecular formula is C12H27O4P. The molecule has 4 nitrogen and oxygen atoms in total. The smallest absolute Gasteiger partial charge is 0.303 e. The summed E-state index contributed by atoms with van der Waals surface area (Å²) in [6.45, 7) is 4.49. The number of unbranched alkanes of at least 4 members (excludes halogenated alkanes) is 4. The van der Waals surface area contributed by atoms with Crippen molar-refractivity contribution in [3.05, 3.63) is 0 Å². The summed E-state index contributed by atoms with van der Waals surface area (Å²) in [6, 6.07) is 0. The predicted molar refractivity (Wildman–Crippen MR) is 69.8 cm³/mol. The molecule has 0 radical (unpaired) electrons. The second-order valence-electron chi connectivity index (χ2n) is 4.64. The van der Waals surface area contributed by atoms with Gasteiger partial charge in [0.05, 0.1) is 6.61 Å². The molecule has 0 aliphatic heterocycles. The van der Waals surface area contributed by atoms with Crippen LogP contribution in [0.5, 0.6) is 0 Å². The lowest BCUT2D eigenvalue weighted by atomic mass is 9.96. The third kappa shape index (κ3) is 12.4. The second-order valence-corrected chi connectivity index (χ2v) is 5.88. The van der Waals surface area contributed by atoms with Crippen LogP contribution in [0, 0.1) is 5.92 Å². The number of hydrogen-bond donors (Lipinski definition) is 2. The minimum Gasteiger partial charge on any atom is -0.303 e. The molecule has 17 heavy (non-hydrogen) atoms. The molecule has 0 rings (SSSR count). The van der Waals surface area contributed by atoms with Crippen molar-refractivity contribution in [2.24, 2.45) is 5.92 Å². The van der Waals surface area contributed by atoms with E-state index in [0.29, 0.717) is 5.92 Å². The Morgan fingerprint density at radius 1 is 1.00 bits per heavy atom. The summed E-state index contributed by atoms with van der Waals surface area (Å²) in [5.41, 5.74) is 0. The highest BCUT2D eigenvalue weighted by molar-refractivity contribution is 7.46. The van der Waals surface area contributed by atoms with Gasteiger partial charge in [-0.05, 0) is 18.8 Å². The van der Waals surface area contributed by atoms with E-state index in [1.54, 1.807) is 0 Å². The van der Waals surface area contributed by atoms with Gasteiger partial charge in [-0.15, -0.1) is 0 Å². The molecule has 0 aliphatic rings. The SMILES string of the molecule is CCCCCCC(CCCC)COP(=O)(O)O. The van der Waals surface area contributed by atoms with Gasteiger partial charge in [0.2, 0.25) is 0 Å². The van der Waals surface area contributed by atoms with Crippen LogP contribution in [0.2, 0.25) is 0 Å². The molecule has 0 saturated carbocycles. The molecule has 2 N–H and O–H groups in total. The maximum absolute atomic E-state index is 10.7. The summed E-state index contributed by atoms with van der Waals surface area (Å²) in [6.07, 6.45) is 9.01. The first-order valence-electron chi connectivity index (χ1n) is 6.69. The van der Waals surface area contributed by atoms with Gasteiger partial charge in [-0.3, -0.25) is 4.52 Å². The van der Waals surface area contributed by atoms with Crippen molar-refractivity contribution in [1.82, 2.24) is 0 Å². The van der Waals surface area contributed by atoms with Crippen LogP contribution in [-0.2, 0) is 9.09 Å². The van der Waals surface area contributed by atoms with E-state index in [2.05, 4.69) is 18.4 Å². The third-order valence-corrected chi connectivity index (χ3v) is 3.40. The first-order valence-corrected chi connectivity index (χ1v) is 8.22. The second kappa shape index (κ2) is 10.1. The Hall–Kier alpha value is 0.110. The minimum absolute atomic E-state index is 0.191. The van der Waals surface area contributed by atoms with Gasteiger partial charge in [-0.2, -0.15) is 0 Å². The van der Waals surface area contributed by atoms with Gasteiger partial charge in [-0.1, -0.05) is 52.4 Å². The molecule has 0 heterocycles. The van der Waals surface area contributed by atoms with Crippen molar-refractivity contribution in [2.75, 3.05) is 6.61 Å². The normalized spacial score (nSPS) is 13.9. The van der Waals surface area contributed by atoms with E-state index in [0.717, 1.165) is 32.1 Å². The molecule has 0 bridgehead atoms. The molecule has 5 heteroatoms. The Balaban J connectivity index is 3.83. The highest BCUT2D eigenvalue weighted by atomic mass is 31.2. The van der Waals surface area contributed by atoms with Crippen LogP contribution < -0.4 is 0 Å². The van der Waals surface area contributed by atoms with Crippen LogP contribution in [0.3, 0.4) is 0 Å². The van der Waals surface area contributed by atoms with Gasteiger partial charge in [0.15, 0.2) is 0 Å². The highest BCUT2D eigenvalue weighted by Crippen LogP contribution is 2.37. The quantitative estimate of drug-likeness (QED) is 0.440. The van der Waals surface area contributed by atoms with Crippen LogP contribution in [0.25, 0.3) is 0 Å². The minimum atomic E-state index is -4.30. The first kappa shape index (κ1) is 17.1. The van der Waals surface area contributed by atoms with Gasteiger partial charge in [-0.25, -0.2) is 4.57 Å². The van der Waals surface area contributed by atoms with Crippen molar-refractivity contribution >= 4 is 7.82 Å².